The molecule has 114 valence electrons. The maximum Gasteiger partial charge on any atom is 0.242 e. The fraction of sp³-hybridized carbons (Fsp3) is 0.500. The van der Waals surface area contributed by atoms with E-state index >= 15 is 0 Å². The summed E-state index contributed by atoms with van der Waals surface area (Å²) in [5.41, 5.74) is 0.283. The van der Waals surface area contributed by atoms with Crippen molar-refractivity contribution in [3.63, 3.8) is 0 Å². The van der Waals surface area contributed by atoms with Gasteiger partial charge in [-0.2, -0.15) is 0 Å². The average Bonchev–Trinajstić information content (AvgIpc) is 2.40. The van der Waals surface area contributed by atoms with Crippen LogP contribution in [-0.4, -0.2) is 45.1 Å². The first kappa shape index (κ1) is 17.7. The fourth-order valence-corrected chi connectivity index (χ4v) is 3.48. The van der Waals surface area contributed by atoms with Gasteiger partial charge in [-0.15, -0.1) is 0 Å². The molecule has 0 aliphatic heterocycles. The number of sulfonamides is 1. The van der Waals surface area contributed by atoms with Crippen LogP contribution in [-0.2, 0) is 16.6 Å². The Morgan fingerprint density at radius 3 is 2.55 bits per heavy atom. The number of aliphatic hydroxyl groups excluding tert-OH is 1. The van der Waals surface area contributed by atoms with E-state index in [4.69, 9.17) is 28.3 Å². The van der Waals surface area contributed by atoms with Crippen LogP contribution in [0.1, 0.15) is 12.5 Å². The molecule has 8 heteroatoms. The van der Waals surface area contributed by atoms with Gasteiger partial charge in [0, 0.05) is 18.1 Å². The SMILES string of the molecule is CCN(C)CCNS(=O)(=O)c1cc(Cl)cc(CO)c1Cl. The molecule has 0 aliphatic rings. The molecular formula is C12H18Cl2N2O3S. The van der Waals surface area contributed by atoms with Crippen molar-refractivity contribution in [1.82, 2.24) is 9.62 Å². The maximum atomic E-state index is 12.2. The van der Waals surface area contributed by atoms with Crippen LogP contribution in [0, 0.1) is 0 Å². The third kappa shape index (κ3) is 4.58. The standard InChI is InChI=1S/C12H18Cl2N2O3S/c1-3-16(2)5-4-15-20(18,19)11-7-10(13)6-9(8-17)12(11)14/h6-7,15,17H,3-5,8H2,1-2H3. The Bertz CT molecular complexity index is 564. The van der Waals surface area contributed by atoms with Crippen LogP contribution in [0.15, 0.2) is 17.0 Å². The van der Waals surface area contributed by atoms with E-state index in [0.29, 0.717) is 6.54 Å². The second kappa shape index (κ2) is 7.59. The number of halogens is 2. The summed E-state index contributed by atoms with van der Waals surface area (Å²) in [6, 6.07) is 2.71. The molecule has 1 aromatic carbocycles. The summed E-state index contributed by atoms with van der Waals surface area (Å²) in [7, 11) is -1.86. The van der Waals surface area contributed by atoms with Gasteiger partial charge in [-0.1, -0.05) is 30.1 Å². The van der Waals surface area contributed by atoms with Crippen LogP contribution in [0.2, 0.25) is 10.0 Å². The minimum atomic E-state index is -3.75. The van der Waals surface area contributed by atoms with E-state index in [1.807, 2.05) is 18.9 Å². The predicted octanol–water partition coefficient (Wildman–Crippen LogP) is 1.72. The van der Waals surface area contributed by atoms with Crippen LogP contribution >= 0.6 is 23.2 Å². The second-order valence-electron chi connectivity index (χ2n) is 4.33. The van der Waals surface area contributed by atoms with Gasteiger partial charge in [-0.25, -0.2) is 13.1 Å². The molecule has 20 heavy (non-hydrogen) atoms. The Kier molecular flexibility index (Phi) is 6.71. The molecular weight excluding hydrogens is 323 g/mol. The van der Waals surface area contributed by atoms with Crippen molar-refractivity contribution in [2.24, 2.45) is 0 Å². The number of rotatable bonds is 7. The molecule has 0 radical (unpaired) electrons. The molecule has 1 aromatic rings. The van der Waals surface area contributed by atoms with Crippen molar-refractivity contribution in [2.45, 2.75) is 18.4 Å². The summed E-state index contributed by atoms with van der Waals surface area (Å²) < 4.78 is 26.8. The van der Waals surface area contributed by atoms with Gasteiger partial charge in [-0.3, -0.25) is 0 Å². The quantitative estimate of drug-likeness (QED) is 0.792. The molecule has 0 bridgehead atoms. The highest BCUT2D eigenvalue weighted by Crippen LogP contribution is 2.29. The molecule has 0 fully saturated rings. The zero-order chi connectivity index (χ0) is 15.3. The molecule has 0 heterocycles. The number of aliphatic hydroxyl groups is 1. The van der Waals surface area contributed by atoms with E-state index in [0.717, 1.165) is 6.54 Å². The maximum absolute atomic E-state index is 12.2. The Hall–Kier alpha value is -0.370. The first-order chi connectivity index (χ1) is 9.31. The van der Waals surface area contributed by atoms with Crippen LogP contribution in [0.3, 0.4) is 0 Å². The van der Waals surface area contributed by atoms with Gasteiger partial charge in [-0.05, 0) is 31.3 Å². The highest BCUT2D eigenvalue weighted by atomic mass is 35.5. The lowest BCUT2D eigenvalue weighted by molar-refractivity contribution is 0.281. The molecule has 1 rings (SSSR count). The Morgan fingerprint density at radius 1 is 1.35 bits per heavy atom. The summed E-state index contributed by atoms with van der Waals surface area (Å²) in [5.74, 6) is 0. The molecule has 0 unspecified atom stereocenters. The molecule has 0 atom stereocenters. The lowest BCUT2D eigenvalue weighted by Crippen LogP contribution is -2.33. The molecule has 5 nitrogen and oxygen atoms in total. The van der Waals surface area contributed by atoms with Crippen LogP contribution in [0.25, 0.3) is 0 Å². The number of hydrogen-bond acceptors (Lipinski definition) is 4. The lowest BCUT2D eigenvalue weighted by atomic mass is 10.2. The number of benzene rings is 1. The molecule has 0 spiro atoms. The fourth-order valence-electron chi connectivity index (χ4n) is 1.54. The van der Waals surface area contributed by atoms with Crippen LogP contribution in [0.5, 0.6) is 0 Å². The Balaban J connectivity index is 2.95. The van der Waals surface area contributed by atoms with Crippen molar-refractivity contribution < 1.29 is 13.5 Å². The monoisotopic (exact) mass is 340 g/mol. The van der Waals surface area contributed by atoms with Crippen molar-refractivity contribution >= 4 is 33.2 Å². The summed E-state index contributed by atoms with van der Waals surface area (Å²) in [4.78, 5) is 1.86. The molecule has 0 saturated carbocycles. The summed E-state index contributed by atoms with van der Waals surface area (Å²) in [6.45, 7) is 3.29. The van der Waals surface area contributed by atoms with Crippen LogP contribution in [0.4, 0.5) is 0 Å². The molecule has 0 saturated heterocycles. The first-order valence-electron chi connectivity index (χ1n) is 6.08. The lowest BCUT2D eigenvalue weighted by Gasteiger charge is -2.15. The van der Waals surface area contributed by atoms with E-state index in [1.165, 1.54) is 12.1 Å². The molecule has 0 amide bonds. The predicted molar refractivity (Wildman–Crippen MR) is 80.7 cm³/mol. The Morgan fingerprint density at radius 2 is 2.00 bits per heavy atom. The van der Waals surface area contributed by atoms with Gasteiger partial charge >= 0.3 is 0 Å². The van der Waals surface area contributed by atoms with Gasteiger partial charge in [0.25, 0.3) is 0 Å². The third-order valence-corrected chi connectivity index (χ3v) is 5.13. The number of likely N-dealkylation sites (N-methyl/N-ethyl adjacent to an activating group) is 1. The highest BCUT2D eigenvalue weighted by Gasteiger charge is 2.20. The number of nitrogens with one attached hydrogen (secondary N) is 1. The normalized spacial score (nSPS) is 12.1. The van der Waals surface area contributed by atoms with Crippen molar-refractivity contribution in [2.75, 3.05) is 26.7 Å². The van der Waals surface area contributed by atoms with Gasteiger partial charge in [0.1, 0.15) is 4.90 Å². The van der Waals surface area contributed by atoms with E-state index in [9.17, 15) is 8.42 Å². The van der Waals surface area contributed by atoms with Crippen LogP contribution < -0.4 is 4.72 Å². The zero-order valence-electron chi connectivity index (χ0n) is 11.4. The third-order valence-electron chi connectivity index (χ3n) is 2.86. The largest absolute Gasteiger partial charge is 0.392 e. The van der Waals surface area contributed by atoms with Gasteiger partial charge in [0.05, 0.1) is 11.6 Å². The Labute approximate surface area is 129 Å². The van der Waals surface area contributed by atoms with Gasteiger partial charge in [0.15, 0.2) is 0 Å². The average molecular weight is 341 g/mol. The highest BCUT2D eigenvalue weighted by molar-refractivity contribution is 7.89. The molecule has 0 aromatic heterocycles. The summed E-state index contributed by atoms with van der Waals surface area (Å²) in [5, 5.41) is 9.36. The number of nitrogens with zero attached hydrogens (tertiary/aromatic N) is 1. The van der Waals surface area contributed by atoms with E-state index in [2.05, 4.69) is 4.72 Å². The zero-order valence-corrected chi connectivity index (χ0v) is 13.7. The van der Waals surface area contributed by atoms with Crippen molar-refractivity contribution in [1.29, 1.82) is 0 Å². The first-order valence-corrected chi connectivity index (χ1v) is 8.32. The van der Waals surface area contributed by atoms with E-state index in [1.54, 1.807) is 0 Å². The second-order valence-corrected chi connectivity index (χ2v) is 6.88. The summed E-state index contributed by atoms with van der Waals surface area (Å²) >= 11 is 11.8. The minimum absolute atomic E-state index is 0.00625. The van der Waals surface area contributed by atoms with Crippen molar-refractivity contribution in [3.05, 3.63) is 27.7 Å². The van der Waals surface area contributed by atoms with E-state index < -0.39 is 10.0 Å². The topological polar surface area (TPSA) is 69.6 Å². The smallest absolute Gasteiger partial charge is 0.242 e. The molecule has 0 aliphatic carbocycles. The summed E-state index contributed by atoms with van der Waals surface area (Å²) in [6.07, 6.45) is 0. The van der Waals surface area contributed by atoms with Gasteiger partial charge in [0.2, 0.25) is 10.0 Å². The van der Waals surface area contributed by atoms with Crippen molar-refractivity contribution in [3.8, 4) is 0 Å². The molecule has 2 N–H and O–H groups in total. The van der Waals surface area contributed by atoms with E-state index in [-0.39, 0.29) is 33.7 Å². The minimum Gasteiger partial charge on any atom is -0.392 e. The number of hydrogen-bond donors (Lipinski definition) is 2. The van der Waals surface area contributed by atoms with Gasteiger partial charge < -0.3 is 10.0 Å².